The normalized spacial score (nSPS) is 10.4. The van der Waals surface area contributed by atoms with Gasteiger partial charge in [-0.15, -0.1) is 0 Å². The second kappa shape index (κ2) is 19.0. The van der Waals surface area contributed by atoms with Crippen molar-refractivity contribution in [2.75, 3.05) is 0 Å². The summed E-state index contributed by atoms with van der Waals surface area (Å²) >= 11 is -2.17. The van der Waals surface area contributed by atoms with Crippen molar-refractivity contribution in [3.63, 3.8) is 0 Å². The van der Waals surface area contributed by atoms with Crippen LogP contribution >= 0.6 is 19.4 Å². The summed E-state index contributed by atoms with van der Waals surface area (Å²) in [5.74, 6) is 2.30. The molecule has 0 aromatic heterocycles. The van der Waals surface area contributed by atoms with Gasteiger partial charge in [0, 0.05) is 0 Å². The van der Waals surface area contributed by atoms with Gasteiger partial charge in [-0.1, -0.05) is 13.8 Å². The fourth-order valence-corrected chi connectivity index (χ4v) is 9.42. The monoisotopic (exact) mass is 660 g/mol. The molecule has 0 spiro atoms. The maximum atomic E-state index is 4.85. The first-order chi connectivity index (χ1) is 15.5. The number of unbranched alkanes of at least 4 members (excludes halogenated alkanes) is 1. The summed E-state index contributed by atoms with van der Waals surface area (Å²) in [4.78, 5) is 0. The molecule has 3 aromatic carbocycles. The minimum atomic E-state index is -1.83. The molecule has 0 fully saturated rings. The number of rotatable bonds is 8. The van der Waals surface area contributed by atoms with Crippen molar-refractivity contribution < 1.29 is 15.1 Å². The molecule has 0 nitrogen and oxygen atoms in total. The van der Waals surface area contributed by atoms with Gasteiger partial charge >= 0.3 is 156 Å². The van der Waals surface area contributed by atoms with Gasteiger partial charge in [0.2, 0.25) is 0 Å². The van der Waals surface area contributed by atoms with Gasteiger partial charge in [0.1, 0.15) is 0 Å². The average Bonchev–Trinajstić information content (AvgIpc) is 2.80. The van der Waals surface area contributed by atoms with Crippen LogP contribution in [0.1, 0.15) is 26.7 Å². The topological polar surface area (TPSA) is 0 Å². The van der Waals surface area contributed by atoms with E-state index >= 15 is 0 Å². The van der Waals surface area contributed by atoms with Crippen LogP contribution in [-0.2, 0) is 15.1 Å². The Morgan fingerprint density at radius 1 is 0.656 bits per heavy atom. The Balaban J connectivity index is 0.000000335. The standard InChI is InChI=1S/C10H16.3C6H5.2ClH.Ru.Sb/c1-9(2)7-5-6-8-10(3)4;3*1-2-4-6-5-3-1;;;;/h7-8H,1,3,5-6H2,2,4H3;3*1-5H;2*1H;;/q;;;;;;+4;/p-2. The number of hydrogen-bond acceptors (Lipinski definition) is 0. The van der Waals surface area contributed by atoms with Gasteiger partial charge in [-0.25, -0.2) is 0 Å². The van der Waals surface area contributed by atoms with E-state index in [1.807, 2.05) is 13.8 Å². The summed E-state index contributed by atoms with van der Waals surface area (Å²) in [7, 11) is 9.71. The van der Waals surface area contributed by atoms with Crippen molar-refractivity contribution in [1.82, 2.24) is 0 Å². The molecule has 6 radical (unpaired) electrons. The summed E-state index contributed by atoms with van der Waals surface area (Å²) in [6.45, 7) is 11.6. The molecule has 0 saturated carbocycles. The van der Waals surface area contributed by atoms with Crippen LogP contribution in [0.4, 0.5) is 0 Å². The molecule has 0 unspecified atom stereocenters. The Labute approximate surface area is 219 Å². The van der Waals surface area contributed by atoms with E-state index in [1.165, 1.54) is 10.5 Å². The fourth-order valence-electron chi connectivity index (χ4n) is 2.84. The van der Waals surface area contributed by atoms with Crippen LogP contribution in [0.2, 0.25) is 0 Å². The van der Waals surface area contributed by atoms with Crippen molar-refractivity contribution in [2.45, 2.75) is 26.7 Å². The van der Waals surface area contributed by atoms with Gasteiger partial charge < -0.3 is 0 Å². The van der Waals surface area contributed by atoms with Gasteiger partial charge in [0.25, 0.3) is 0 Å². The first-order valence-corrected chi connectivity index (χ1v) is 18.6. The van der Waals surface area contributed by atoms with Gasteiger partial charge in [-0.3, -0.25) is 0 Å². The Hall–Kier alpha value is -0.318. The van der Waals surface area contributed by atoms with Crippen molar-refractivity contribution in [1.29, 1.82) is 0 Å². The van der Waals surface area contributed by atoms with Gasteiger partial charge in [-0.05, 0) is 51.4 Å². The molecule has 3 aromatic rings. The molecular formula is C28H31Cl2RuSb+2. The Morgan fingerprint density at radius 2 is 0.906 bits per heavy atom. The van der Waals surface area contributed by atoms with E-state index in [1.54, 1.807) is 0 Å². The molecule has 0 N–H and O–H groups in total. The molecule has 0 saturated heterocycles. The fraction of sp³-hybridized carbons (Fsp3) is 0.143. The van der Waals surface area contributed by atoms with Crippen molar-refractivity contribution in [2.24, 2.45) is 0 Å². The van der Waals surface area contributed by atoms with Crippen LogP contribution in [0.3, 0.4) is 0 Å². The predicted molar refractivity (Wildman–Crippen MR) is 142 cm³/mol. The van der Waals surface area contributed by atoms with Crippen LogP contribution in [0, 0.1) is 38.5 Å². The molecule has 0 aliphatic carbocycles. The first kappa shape index (κ1) is 29.7. The number of benzene rings is 3. The molecular weight excluding hydrogens is 630 g/mol. The van der Waals surface area contributed by atoms with Crippen LogP contribution < -0.4 is 10.5 Å². The molecule has 0 aliphatic rings. The summed E-state index contributed by atoms with van der Waals surface area (Å²) in [6.07, 6.45) is 6.45. The third kappa shape index (κ3) is 13.4. The van der Waals surface area contributed by atoms with E-state index in [4.69, 9.17) is 19.4 Å². The molecule has 0 heterocycles. The van der Waals surface area contributed by atoms with Crippen molar-refractivity contribution in [3.8, 4) is 0 Å². The Kier molecular flexibility index (Phi) is 17.7. The van der Waals surface area contributed by atoms with Crippen molar-refractivity contribution >= 4 is 50.1 Å². The Bertz CT molecular complexity index is 692. The summed E-state index contributed by atoms with van der Waals surface area (Å²) in [6, 6.07) is 32.9. The molecule has 32 heavy (non-hydrogen) atoms. The van der Waals surface area contributed by atoms with Crippen molar-refractivity contribution in [3.05, 3.63) is 130 Å². The minimum absolute atomic E-state index is 0.346. The molecule has 168 valence electrons. The zero-order valence-corrected chi connectivity index (χ0v) is 24.5. The number of hydrogen-bond donors (Lipinski definition) is 0. The Morgan fingerprint density at radius 3 is 1.12 bits per heavy atom. The molecule has 0 aliphatic heterocycles. The van der Waals surface area contributed by atoms with Crippen LogP contribution in [0.25, 0.3) is 0 Å². The second-order valence-corrected chi connectivity index (χ2v) is 16.0. The zero-order chi connectivity index (χ0) is 23.6. The molecule has 0 amide bonds. The van der Waals surface area contributed by atoms with Crippen LogP contribution in [0.5, 0.6) is 0 Å². The van der Waals surface area contributed by atoms with Crippen LogP contribution in [-0.4, -0.2) is 20.2 Å². The molecule has 0 bridgehead atoms. The second-order valence-electron chi connectivity index (χ2n) is 7.07. The van der Waals surface area contributed by atoms with E-state index in [0.717, 1.165) is 24.7 Å². The van der Waals surface area contributed by atoms with E-state index < -0.39 is 20.2 Å². The molecule has 3 rings (SSSR count). The van der Waals surface area contributed by atoms with E-state index in [0.29, 0.717) is 0 Å². The maximum absolute atomic E-state index is 4.85. The third-order valence-corrected chi connectivity index (χ3v) is 11.2. The third-order valence-electron chi connectivity index (χ3n) is 4.20. The predicted octanol–water partition coefficient (Wildman–Crippen LogP) is 6.61. The summed E-state index contributed by atoms with van der Waals surface area (Å²) in [5.41, 5.74) is 0. The molecule has 0 atom stereocenters. The zero-order valence-electron chi connectivity index (χ0n) is 18.7. The van der Waals surface area contributed by atoms with Gasteiger partial charge in [-0.2, -0.15) is 0 Å². The SMILES string of the molecule is [CH2][C](C)[CH]CC[CH][C]([CH2])C.[Cl][Ru+2][Cl].c1cc[c]([Sb]([c]2ccccc2)[c]2ccccc2)cc1. The molecule has 4 heteroatoms. The van der Waals surface area contributed by atoms with E-state index in [-0.39, 0.29) is 15.1 Å². The quantitative estimate of drug-likeness (QED) is 0.189. The van der Waals surface area contributed by atoms with E-state index in [2.05, 4.69) is 118 Å². The van der Waals surface area contributed by atoms with Gasteiger partial charge in [0.15, 0.2) is 0 Å². The summed E-state index contributed by atoms with van der Waals surface area (Å²) < 4.78 is 4.55. The summed E-state index contributed by atoms with van der Waals surface area (Å²) in [5, 5.41) is 0. The van der Waals surface area contributed by atoms with Gasteiger partial charge in [0.05, 0.1) is 0 Å². The van der Waals surface area contributed by atoms with Crippen LogP contribution in [0.15, 0.2) is 91.0 Å². The first-order valence-electron chi connectivity index (χ1n) is 10.3. The van der Waals surface area contributed by atoms with E-state index in [9.17, 15) is 0 Å². The number of halogens is 2. The average molecular weight is 661 g/mol.